The highest BCUT2D eigenvalue weighted by atomic mass is 32.2. The van der Waals surface area contributed by atoms with Crippen LogP contribution in [0.15, 0.2) is 6.20 Å². The van der Waals surface area contributed by atoms with Gasteiger partial charge in [-0.1, -0.05) is 238 Å². The van der Waals surface area contributed by atoms with Gasteiger partial charge in [0.15, 0.2) is 5.82 Å². The van der Waals surface area contributed by atoms with E-state index >= 15 is 0 Å². The van der Waals surface area contributed by atoms with Crippen LogP contribution in [-0.2, 0) is 28.7 Å². The first-order valence-corrected chi connectivity index (χ1v) is 31.9. The van der Waals surface area contributed by atoms with Crippen LogP contribution in [-0.4, -0.2) is 125 Å². The minimum atomic E-state index is -1.79. The Bertz CT molecular complexity index is 1590. The highest BCUT2D eigenvalue weighted by Gasteiger charge is 2.49. The summed E-state index contributed by atoms with van der Waals surface area (Å²) in [7, 11) is 0. The molecule has 1 aromatic heterocycles. The van der Waals surface area contributed by atoms with E-state index in [9.17, 15) is 44.7 Å². The van der Waals surface area contributed by atoms with Crippen LogP contribution < -0.4 is 10.6 Å². The summed E-state index contributed by atoms with van der Waals surface area (Å²) >= 11 is 1.27. The lowest BCUT2D eigenvalue weighted by Crippen LogP contribution is -2.61. The fourth-order valence-corrected chi connectivity index (χ4v) is 11.0. The molecule has 0 bridgehead atoms. The molecule has 2 rings (SSSR count). The molecule has 0 aromatic carbocycles. The molecule has 1 fully saturated rings. The van der Waals surface area contributed by atoms with Crippen LogP contribution in [0, 0.1) is 0 Å². The number of carbonyl (C=O) groups is 4. The van der Waals surface area contributed by atoms with E-state index in [4.69, 9.17) is 9.47 Å². The summed E-state index contributed by atoms with van der Waals surface area (Å²) in [5, 5.41) is 65.3. The van der Waals surface area contributed by atoms with Crippen molar-refractivity contribution in [3.63, 3.8) is 0 Å². The number of anilines is 1. The van der Waals surface area contributed by atoms with E-state index in [1.807, 2.05) is 0 Å². The monoisotopic (exact) mass is 1100 g/mol. The first kappa shape index (κ1) is 69.3. The minimum Gasteiger partial charge on any atom is -0.462 e. The molecule has 442 valence electrons. The summed E-state index contributed by atoms with van der Waals surface area (Å²) in [5.41, 5.74) is 0. The molecule has 2 unspecified atom stereocenters. The first-order chi connectivity index (χ1) is 36.9. The van der Waals surface area contributed by atoms with Gasteiger partial charge in [0.2, 0.25) is 11.8 Å². The number of rotatable bonds is 50. The average molecular weight is 1100 g/mol. The van der Waals surface area contributed by atoms with Gasteiger partial charge in [0.1, 0.15) is 55.3 Å². The zero-order chi connectivity index (χ0) is 55.4. The number of aromatic nitrogens is 3. The first-order valence-electron chi connectivity index (χ1n) is 30.8. The molecule has 76 heavy (non-hydrogen) atoms. The molecule has 16 nitrogen and oxygen atoms in total. The van der Waals surface area contributed by atoms with Crippen molar-refractivity contribution in [3.8, 4) is 0 Å². The van der Waals surface area contributed by atoms with Gasteiger partial charge in [-0.2, -0.15) is 11.8 Å². The zero-order valence-corrected chi connectivity index (χ0v) is 48.6. The molecule has 0 radical (unpaired) electrons. The number of amides is 2. The minimum absolute atomic E-state index is 0.0695. The van der Waals surface area contributed by atoms with E-state index in [0.717, 1.165) is 68.9 Å². The van der Waals surface area contributed by atoms with Crippen LogP contribution in [0.3, 0.4) is 0 Å². The van der Waals surface area contributed by atoms with Crippen LogP contribution in [0.25, 0.3) is 0 Å². The van der Waals surface area contributed by atoms with E-state index in [0.29, 0.717) is 12.8 Å². The van der Waals surface area contributed by atoms with Crippen molar-refractivity contribution < 1.29 is 54.2 Å². The van der Waals surface area contributed by atoms with E-state index in [2.05, 4.69) is 41.7 Å². The number of ether oxygens (including phenoxy) is 2. The largest absolute Gasteiger partial charge is 0.462 e. The third kappa shape index (κ3) is 32.9. The Kier molecular flexibility index (Phi) is 41.9. The van der Waals surface area contributed by atoms with Crippen molar-refractivity contribution in [3.05, 3.63) is 6.20 Å². The Balaban J connectivity index is 2.02. The molecule has 7 N–H and O–H groups in total. The molecule has 0 spiro atoms. The highest BCUT2D eigenvalue weighted by molar-refractivity contribution is 7.99. The molecule has 2 amide bonds. The molecule has 17 heteroatoms. The topological polar surface area (TPSA) is 243 Å². The van der Waals surface area contributed by atoms with Crippen molar-refractivity contribution in [2.75, 3.05) is 23.4 Å². The third-order valence-electron chi connectivity index (χ3n) is 14.9. The maximum Gasteiger partial charge on any atom is 0.306 e. The van der Waals surface area contributed by atoms with Gasteiger partial charge in [-0.3, -0.25) is 19.2 Å². The molecule has 1 heterocycles. The van der Waals surface area contributed by atoms with Crippen molar-refractivity contribution in [2.45, 2.75) is 320 Å². The van der Waals surface area contributed by atoms with Crippen molar-refractivity contribution in [1.82, 2.24) is 20.3 Å². The van der Waals surface area contributed by atoms with E-state index < -0.39 is 54.6 Å². The van der Waals surface area contributed by atoms with Crippen LogP contribution >= 0.6 is 11.8 Å². The maximum atomic E-state index is 13.9. The summed E-state index contributed by atoms with van der Waals surface area (Å²) in [6.07, 6.45) is 34.6. The fourth-order valence-electron chi connectivity index (χ4n) is 9.95. The number of unbranched alkanes of at least 4 members (excludes halogenated alkanes) is 33. The van der Waals surface area contributed by atoms with Gasteiger partial charge < -0.3 is 45.6 Å². The number of aliphatic hydroxyl groups excluding tert-OH is 5. The van der Waals surface area contributed by atoms with Crippen molar-refractivity contribution in [2.24, 2.45) is 0 Å². The molecule has 0 aliphatic heterocycles. The van der Waals surface area contributed by atoms with Gasteiger partial charge in [-0.25, -0.2) is 4.68 Å². The number of nitrogens with one attached hydrogen (secondary N) is 2. The summed E-state index contributed by atoms with van der Waals surface area (Å²) in [4.78, 5) is 53.5. The second kappa shape index (κ2) is 46.0. The normalized spacial score (nSPS) is 19.3. The molecule has 0 saturated heterocycles. The molecule has 1 aliphatic carbocycles. The van der Waals surface area contributed by atoms with Gasteiger partial charge in [0.25, 0.3) is 0 Å². The lowest BCUT2D eigenvalue weighted by atomic mass is 9.83. The molecule has 1 saturated carbocycles. The van der Waals surface area contributed by atoms with Gasteiger partial charge in [-0.15, -0.1) is 5.10 Å². The molecule has 1 aliphatic rings. The Morgan fingerprint density at radius 2 is 0.882 bits per heavy atom. The standard InChI is InChI=1S/C59H109N5O11S/c1-4-7-10-13-16-19-22-25-28-31-34-37-40-50(65)60-48(59(73)61-49-43-64(63-62-49)53-54(68)56(70)58(72)57(71)55(53)69)46-76-45-47(75-52(67)42-39-36-33-30-27-24-21-18-15-12-9-6-3)44-74-51(66)41-38-35-32-29-26-23-20-17-14-11-8-5-2/h43,47-48,53-58,68-72H,4-42,44-46H2,1-3H3,(H,60,65)(H,61,73)/t47-,48-,53?,54+,55+,56-,57+,58?/m1/s1. The van der Waals surface area contributed by atoms with Crippen LogP contribution in [0.1, 0.15) is 277 Å². The molecule has 1 aromatic rings. The summed E-state index contributed by atoms with van der Waals surface area (Å²) < 4.78 is 12.6. The zero-order valence-electron chi connectivity index (χ0n) is 47.8. The van der Waals surface area contributed by atoms with Crippen molar-refractivity contribution in [1.29, 1.82) is 0 Å². The van der Waals surface area contributed by atoms with Gasteiger partial charge in [-0.05, 0) is 19.3 Å². The maximum absolute atomic E-state index is 13.9. The number of nitrogens with zero attached hydrogens (tertiary/aromatic N) is 3. The second-order valence-corrected chi connectivity index (χ2v) is 23.0. The van der Waals surface area contributed by atoms with Crippen LogP contribution in [0.2, 0.25) is 0 Å². The average Bonchev–Trinajstić information content (AvgIpc) is 3.86. The quantitative estimate of drug-likeness (QED) is 0.0237. The Hall–Kier alpha value is -2.83. The number of hydrogen-bond acceptors (Lipinski definition) is 14. The summed E-state index contributed by atoms with van der Waals surface area (Å²) in [6.45, 7) is 6.58. The SMILES string of the molecule is CCCCCCCCCCCCCCC(=O)N[C@H](CSC[C@@H](COC(=O)CCCCCCCCCCCCCC)OC(=O)CCCCCCCCCCCCCC)C(=O)Nc1cn(C2[C@H](O)[C@H](O)C(O)[C@H](O)[C@H]2O)nn1. The molecular formula is C59H109N5O11S. The number of esters is 2. The molecule has 8 atom stereocenters. The van der Waals surface area contributed by atoms with Gasteiger partial charge in [0.05, 0.1) is 6.20 Å². The number of aliphatic hydroxyl groups is 5. The van der Waals surface area contributed by atoms with E-state index in [1.165, 1.54) is 172 Å². The smallest absolute Gasteiger partial charge is 0.306 e. The summed E-state index contributed by atoms with van der Waals surface area (Å²) in [6, 6.07) is -2.47. The lowest BCUT2D eigenvalue weighted by molar-refractivity contribution is -0.200. The number of hydrogen-bond donors (Lipinski definition) is 7. The van der Waals surface area contributed by atoms with Crippen molar-refractivity contribution >= 4 is 41.3 Å². The second-order valence-electron chi connectivity index (χ2n) is 21.9. The van der Waals surface area contributed by atoms with Crippen LogP contribution in [0.5, 0.6) is 0 Å². The predicted octanol–water partition coefficient (Wildman–Crippen LogP) is 11.5. The lowest BCUT2D eigenvalue weighted by Gasteiger charge is -2.41. The number of thioether (sulfide) groups is 1. The third-order valence-corrected chi connectivity index (χ3v) is 16.0. The van der Waals surface area contributed by atoms with Gasteiger partial charge >= 0.3 is 11.9 Å². The summed E-state index contributed by atoms with van der Waals surface area (Å²) in [5.74, 6) is -1.47. The van der Waals surface area contributed by atoms with Crippen LogP contribution in [0.4, 0.5) is 5.82 Å². The van der Waals surface area contributed by atoms with Gasteiger partial charge in [0, 0.05) is 30.8 Å². The fraction of sp³-hybridized carbons (Fsp3) is 0.898. The Morgan fingerprint density at radius 3 is 1.30 bits per heavy atom. The highest BCUT2D eigenvalue weighted by Crippen LogP contribution is 2.30. The van der Waals surface area contributed by atoms with E-state index in [-0.39, 0.29) is 61.0 Å². The molecular weight excluding hydrogens is 987 g/mol. The Morgan fingerprint density at radius 1 is 0.513 bits per heavy atom. The Labute approximate surface area is 463 Å². The number of carbonyl (C=O) groups excluding carboxylic acids is 4. The predicted molar refractivity (Wildman–Crippen MR) is 305 cm³/mol. The van der Waals surface area contributed by atoms with E-state index in [1.54, 1.807) is 0 Å².